The van der Waals surface area contributed by atoms with Crippen LogP contribution in [-0.4, -0.2) is 37.0 Å². The molecule has 0 aliphatic rings. The number of carbonyl (C=O) groups is 3. The number of amides is 2. The fourth-order valence-corrected chi connectivity index (χ4v) is 1.87. The van der Waals surface area contributed by atoms with Gasteiger partial charge in [0.1, 0.15) is 0 Å². The summed E-state index contributed by atoms with van der Waals surface area (Å²) in [5, 5.41) is 5.15. The van der Waals surface area contributed by atoms with Crippen LogP contribution in [0.1, 0.15) is 23.7 Å². The maximum atomic E-state index is 11.8. The van der Waals surface area contributed by atoms with Crippen molar-refractivity contribution in [3.05, 3.63) is 47.0 Å². The van der Waals surface area contributed by atoms with Gasteiger partial charge in [-0.1, -0.05) is 22.0 Å². The van der Waals surface area contributed by atoms with E-state index in [1.165, 1.54) is 13.0 Å². The Morgan fingerprint density at radius 1 is 1.26 bits per heavy atom. The Morgan fingerprint density at radius 3 is 2.52 bits per heavy atom. The van der Waals surface area contributed by atoms with E-state index in [0.717, 1.165) is 4.47 Å². The van der Waals surface area contributed by atoms with E-state index in [0.29, 0.717) is 12.1 Å². The summed E-state index contributed by atoms with van der Waals surface area (Å²) < 4.78 is 5.85. The van der Waals surface area contributed by atoms with Crippen LogP contribution in [0.15, 0.2) is 41.4 Å². The first-order chi connectivity index (χ1) is 10.9. The quantitative estimate of drug-likeness (QED) is 0.530. The second-order valence-corrected chi connectivity index (χ2v) is 5.59. The van der Waals surface area contributed by atoms with Gasteiger partial charge in [-0.15, -0.1) is 6.58 Å². The molecule has 0 saturated heterocycles. The molecule has 2 amide bonds. The second kappa shape index (κ2) is 9.78. The Labute approximate surface area is 143 Å². The molecule has 2 N–H and O–H groups in total. The van der Waals surface area contributed by atoms with Crippen molar-refractivity contribution in [3.8, 4) is 0 Å². The number of halogens is 1. The summed E-state index contributed by atoms with van der Waals surface area (Å²) in [6.45, 7) is 5.40. The average molecular weight is 383 g/mol. The molecular weight excluding hydrogens is 364 g/mol. The fourth-order valence-electron chi connectivity index (χ4n) is 1.61. The highest BCUT2D eigenvalue weighted by molar-refractivity contribution is 9.10. The Kier molecular flexibility index (Phi) is 8.04. The Bertz CT molecular complexity index is 572. The molecular formula is C16H19BrN2O4. The molecule has 23 heavy (non-hydrogen) atoms. The molecule has 0 fully saturated rings. The third-order valence-electron chi connectivity index (χ3n) is 2.82. The molecule has 6 nitrogen and oxygen atoms in total. The van der Waals surface area contributed by atoms with E-state index in [1.807, 2.05) is 0 Å². The molecule has 7 heteroatoms. The van der Waals surface area contributed by atoms with Crippen molar-refractivity contribution in [1.82, 2.24) is 10.6 Å². The third kappa shape index (κ3) is 7.10. The maximum Gasteiger partial charge on any atom is 0.308 e. The zero-order chi connectivity index (χ0) is 17.2. The normalized spacial score (nSPS) is 11.2. The summed E-state index contributed by atoms with van der Waals surface area (Å²) in [6.07, 6.45) is 0.635. The van der Waals surface area contributed by atoms with Crippen LogP contribution in [0.2, 0.25) is 0 Å². The monoisotopic (exact) mass is 382 g/mol. The van der Waals surface area contributed by atoms with Gasteiger partial charge >= 0.3 is 5.97 Å². The first-order valence-corrected chi connectivity index (χ1v) is 7.85. The lowest BCUT2D eigenvalue weighted by Gasteiger charge is -2.12. The molecule has 0 saturated carbocycles. The number of ether oxygens (including phenoxy) is 1. The summed E-state index contributed by atoms with van der Waals surface area (Å²) in [5.74, 6) is -1.22. The standard InChI is InChI=1S/C16H19BrN2O4/c1-3-9-18-15(21)11(2)23-14(20)8-10-19-16(22)12-4-6-13(17)7-5-12/h3-7,11H,1,8-10H2,2H3,(H,18,21)(H,19,22)/t11-/m1/s1. The minimum atomic E-state index is -0.885. The molecule has 0 spiro atoms. The highest BCUT2D eigenvalue weighted by Crippen LogP contribution is 2.10. The summed E-state index contributed by atoms with van der Waals surface area (Å²) in [5.41, 5.74) is 0.499. The first-order valence-electron chi connectivity index (χ1n) is 7.06. The van der Waals surface area contributed by atoms with E-state index < -0.39 is 18.0 Å². The van der Waals surface area contributed by atoms with Crippen LogP contribution in [0.25, 0.3) is 0 Å². The van der Waals surface area contributed by atoms with Gasteiger partial charge in [0.15, 0.2) is 6.10 Å². The molecule has 0 heterocycles. The molecule has 1 aromatic rings. The van der Waals surface area contributed by atoms with E-state index >= 15 is 0 Å². The van der Waals surface area contributed by atoms with Crippen LogP contribution in [0.5, 0.6) is 0 Å². The van der Waals surface area contributed by atoms with Crippen molar-refractivity contribution in [1.29, 1.82) is 0 Å². The van der Waals surface area contributed by atoms with Gasteiger partial charge in [-0.2, -0.15) is 0 Å². The Hall–Kier alpha value is -2.15. The molecule has 124 valence electrons. The van der Waals surface area contributed by atoms with E-state index in [-0.39, 0.29) is 18.9 Å². The van der Waals surface area contributed by atoms with E-state index in [2.05, 4.69) is 33.1 Å². The zero-order valence-electron chi connectivity index (χ0n) is 12.8. The Morgan fingerprint density at radius 2 is 1.91 bits per heavy atom. The van der Waals surface area contributed by atoms with Crippen LogP contribution < -0.4 is 10.6 Å². The van der Waals surface area contributed by atoms with Crippen molar-refractivity contribution in [2.24, 2.45) is 0 Å². The molecule has 1 aromatic carbocycles. The minimum Gasteiger partial charge on any atom is -0.452 e. The summed E-state index contributed by atoms with van der Waals surface area (Å²) in [6, 6.07) is 6.85. The summed E-state index contributed by atoms with van der Waals surface area (Å²) >= 11 is 3.29. The fraction of sp³-hybridized carbons (Fsp3) is 0.312. The molecule has 1 rings (SSSR count). The van der Waals surface area contributed by atoms with Crippen molar-refractivity contribution in [2.75, 3.05) is 13.1 Å². The number of nitrogens with one attached hydrogen (secondary N) is 2. The predicted molar refractivity (Wildman–Crippen MR) is 89.9 cm³/mol. The third-order valence-corrected chi connectivity index (χ3v) is 3.35. The number of esters is 1. The predicted octanol–water partition coefficient (Wildman–Crippen LogP) is 1.80. The highest BCUT2D eigenvalue weighted by atomic mass is 79.9. The van der Waals surface area contributed by atoms with E-state index in [9.17, 15) is 14.4 Å². The lowest BCUT2D eigenvalue weighted by atomic mass is 10.2. The summed E-state index contributed by atoms with van der Waals surface area (Å²) in [7, 11) is 0. The average Bonchev–Trinajstić information content (AvgIpc) is 2.52. The van der Waals surface area contributed by atoms with Crippen LogP contribution in [0, 0.1) is 0 Å². The van der Waals surface area contributed by atoms with Crippen LogP contribution in [-0.2, 0) is 14.3 Å². The summed E-state index contributed by atoms with van der Waals surface area (Å²) in [4.78, 5) is 35.0. The van der Waals surface area contributed by atoms with Crippen molar-refractivity contribution >= 4 is 33.7 Å². The number of rotatable bonds is 8. The number of benzene rings is 1. The lowest BCUT2D eigenvalue weighted by molar-refractivity contribution is -0.154. The minimum absolute atomic E-state index is 0.0126. The van der Waals surface area contributed by atoms with Gasteiger partial charge in [-0.25, -0.2) is 0 Å². The SMILES string of the molecule is C=CCNC(=O)[C@@H](C)OC(=O)CCNC(=O)c1ccc(Br)cc1. The number of carbonyl (C=O) groups excluding carboxylic acids is 3. The van der Waals surface area contributed by atoms with Gasteiger partial charge < -0.3 is 15.4 Å². The van der Waals surface area contributed by atoms with Gasteiger partial charge in [0.25, 0.3) is 11.8 Å². The number of hydrogen-bond donors (Lipinski definition) is 2. The van der Waals surface area contributed by atoms with Gasteiger partial charge in [0.2, 0.25) is 0 Å². The van der Waals surface area contributed by atoms with Crippen LogP contribution >= 0.6 is 15.9 Å². The molecule has 0 aliphatic heterocycles. The lowest BCUT2D eigenvalue weighted by Crippen LogP contribution is -2.36. The van der Waals surface area contributed by atoms with Gasteiger partial charge in [-0.05, 0) is 31.2 Å². The second-order valence-electron chi connectivity index (χ2n) is 4.68. The highest BCUT2D eigenvalue weighted by Gasteiger charge is 2.17. The molecule has 0 bridgehead atoms. The first kappa shape index (κ1) is 18.9. The van der Waals surface area contributed by atoms with Gasteiger partial charge in [-0.3, -0.25) is 14.4 Å². The van der Waals surface area contributed by atoms with E-state index in [1.54, 1.807) is 24.3 Å². The topological polar surface area (TPSA) is 84.5 Å². The van der Waals surface area contributed by atoms with Crippen molar-refractivity contribution < 1.29 is 19.1 Å². The molecule has 0 aliphatic carbocycles. The smallest absolute Gasteiger partial charge is 0.308 e. The Balaban J connectivity index is 2.30. The van der Waals surface area contributed by atoms with Crippen molar-refractivity contribution in [2.45, 2.75) is 19.4 Å². The van der Waals surface area contributed by atoms with Gasteiger partial charge in [0, 0.05) is 23.1 Å². The molecule has 0 radical (unpaired) electrons. The molecule has 1 atom stereocenters. The van der Waals surface area contributed by atoms with Crippen molar-refractivity contribution in [3.63, 3.8) is 0 Å². The van der Waals surface area contributed by atoms with Gasteiger partial charge in [0.05, 0.1) is 6.42 Å². The molecule has 0 unspecified atom stereocenters. The van der Waals surface area contributed by atoms with E-state index in [4.69, 9.17) is 4.74 Å². The molecule has 0 aromatic heterocycles. The maximum absolute atomic E-state index is 11.8. The zero-order valence-corrected chi connectivity index (χ0v) is 14.4. The number of hydrogen-bond acceptors (Lipinski definition) is 4. The largest absolute Gasteiger partial charge is 0.452 e. The van der Waals surface area contributed by atoms with Crippen LogP contribution in [0.4, 0.5) is 0 Å². The van der Waals surface area contributed by atoms with Crippen LogP contribution in [0.3, 0.4) is 0 Å².